The van der Waals surface area contributed by atoms with Crippen molar-refractivity contribution in [2.75, 3.05) is 13.2 Å². The summed E-state index contributed by atoms with van der Waals surface area (Å²) in [6.07, 6.45) is -0.338. The van der Waals surface area contributed by atoms with E-state index in [1.54, 1.807) is 0 Å². The van der Waals surface area contributed by atoms with Gasteiger partial charge in [0.1, 0.15) is 12.3 Å². The van der Waals surface area contributed by atoms with E-state index in [4.69, 9.17) is 9.84 Å². The van der Waals surface area contributed by atoms with E-state index in [2.05, 4.69) is 17.4 Å². The number of carbonyl (C=O) groups excluding carboxylic acids is 1. The van der Waals surface area contributed by atoms with Gasteiger partial charge in [0.2, 0.25) is 0 Å². The first-order valence-corrected chi connectivity index (χ1v) is 9.47. The number of fused-ring (bicyclic) bond motifs is 3. The number of ether oxygens (including phenoxy) is 1. The van der Waals surface area contributed by atoms with E-state index >= 15 is 0 Å². The Bertz CT molecular complexity index is 869. The Morgan fingerprint density at radius 1 is 1.11 bits per heavy atom. The molecule has 0 aliphatic heterocycles. The number of rotatable bonds is 5. The van der Waals surface area contributed by atoms with Gasteiger partial charge in [0.05, 0.1) is 12.5 Å². The van der Waals surface area contributed by atoms with Crippen LogP contribution in [0, 0.1) is 5.92 Å². The number of carbonyl (C=O) groups is 2. The number of hydrogen-bond donors (Lipinski definition) is 2. The third-order valence-corrected chi connectivity index (χ3v) is 5.80. The molecule has 4 rings (SSSR count). The maximum absolute atomic E-state index is 14.7. The Hall–Kier alpha value is -2.89. The highest BCUT2D eigenvalue weighted by Gasteiger charge is 2.42. The second-order valence-electron chi connectivity index (χ2n) is 7.61. The van der Waals surface area contributed by atoms with Gasteiger partial charge in [-0.1, -0.05) is 48.5 Å². The van der Waals surface area contributed by atoms with Crippen LogP contribution in [-0.4, -0.2) is 36.0 Å². The second kappa shape index (κ2) is 7.26. The summed E-state index contributed by atoms with van der Waals surface area (Å²) in [4.78, 5) is 23.1. The van der Waals surface area contributed by atoms with E-state index in [-0.39, 0.29) is 38.3 Å². The lowest BCUT2D eigenvalue weighted by molar-refractivity contribution is -0.141. The summed E-state index contributed by atoms with van der Waals surface area (Å²) in [5.74, 6) is -1.73. The zero-order chi connectivity index (χ0) is 19.7. The lowest BCUT2D eigenvalue weighted by atomic mass is 9.98. The fourth-order valence-corrected chi connectivity index (χ4v) is 4.33. The quantitative estimate of drug-likeness (QED) is 0.814. The highest BCUT2D eigenvalue weighted by molar-refractivity contribution is 5.79. The second-order valence-corrected chi connectivity index (χ2v) is 7.61. The molecule has 0 radical (unpaired) electrons. The van der Waals surface area contributed by atoms with Crippen molar-refractivity contribution in [3.8, 4) is 11.1 Å². The highest BCUT2D eigenvalue weighted by Crippen LogP contribution is 2.44. The van der Waals surface area contributed by atoms with Crippen LogP contribution in [0.15, 0.2) is 48.5 Å². The molecule has 2 atom stereocenters. The molecule has 0 saturated heterocycles. The zero-order valence-electron chi connectivity index (χ0n) is 15.4. The van der Waals surface area contributed by atoms with Crippen LogP contribution in [0.25, 0.3) is 11.1 Å². The van der Waals surface area contributed by atoms with Crippen LogP contribution in [0.3, 0.4) is 0 Å². The minimum absolute atomic E-state index is 0.0552. The molecule has 0 aromatic heterocycles. The Balaban J connectivity index is 1.36. The molecule has 6 heteroatoms. The summed E-state index contributed by atoms with van der Waals surface area (Å²) in [5.41, 5.74) is 2.81. The van der Waals surface area contributed by atoms with E-state index in [1.165, 1.54) is 0 Å². The van der Waals surface area contributed by atoms with Gasteiger partial charge in [-0.25, -0.2) is 9.18 Å². The lowest BCUT2D eigenvalue weighted by Crippen LogP contribution is -2.39. The first-order chi connectivity index (χ1) is 13.5. The molecule has 2 aliphatic rings. The number of alkyl carbamates (subject to hydrolysis) is 1. The van der Waals surface area contributed by atoms with Gasteiger partial charge < -0.3 is 15.2 Å². The molecular weight excluding hydrogens is 361 g/mol. The minimum atomic E-state index is -1.69. The number of hydrogen-bond acceptors (Lipinski definition) is 3. The molecule has 2 aromatic carbocycles. The van der Waals surface area contributed by atoms with Crippen molar-refractivity contribution in [2.24, 2.45) is 5.92 Å². The number of aliphatic carboxylic acids is 1. The average molecular weight is 383 g/mol. The van der Waals surface area contributed by atoms with Crippen LogP contribution in [-0.2, 0) is 9.53 Å². The van der Waals surface area contributed by atoms with Crippen molar-refractivity contribution in [1.82, 2.24) is 5.32 Å². The topological polar surface area (TPSA) is 75.6 Å². The van der Waals surface area contributed by atoms with Gasteiger partial charge >= 0.3 is 12.1 Å². The van der Waals surface area contributed by atoms with Gasteiger partial charge in [0.25, 0.3) is 0 Å². The van der Waals surface area contributed by atoms with Crippen molar-refractivity contribution in [3.63, 3.8) is 0 Å². The predicted octanol–water partition coefficient (Wildman–Crippen LogP) is 4.12. The van der Waals surface area contributed by atoms with Crippen molar-refractivity contribution >= 4 is 12.1 Å². The molecule has 146 valence electrons. The van der Waals surface area contributed by atoms with Gasteiger partial charge in [0, 0.05) is 5.92 Å². The molecule has 5 nitrogen and oxygen atoms in total. The Kier molecular flexibility index (Phi) is 4.79. The predicted molar refractivity (Wildman–Crippen MR) is 102 cm³/mol. The summed E-state index contributed by atoms with van der Waals surface area (Å²) >= 11 is 0. The molecule has 1 amide bonds. The number of amides is 1. The Labute approximate surface area is 162 Å². The number of carboxylic acid groups (broad SMARTS) is 1. The molecule has 0 bridgehead atoms. The van der Waals surface area contributed by atoms with E-state index in [9.17, 15) is 14.0 Å². The van der Waals surface area contributed by atoms with Crippen LogP contribution in [0.4, 0.5) is 9.18 Å². The molecule has 1 fully saturated rings. The number of halogens is 1. The SMILES string of the molecule is O=C(NC[C@@]1(F)CC[C@@H](C(=O)O)C1)OCC1c2ccccc2-c2ccccc21. The van der Waals surface area contributed by atoms with Crippen molar-refractivity contribution in [1.29, 1.82) is 0 Å². The van der Waals surface area contributed by atoms with Crippen LogP contribution >= 0.6 is 0 Å². The zero-order valence-corrected chi connectivity index (χ0v) is 15.4. The first kappa shape index (κ1) is 18.5. The molecular formula is C22H22FNO4. The van der Waals surface area contributed by atoms with Crippen molar-refractivity contribution in [3.05, 3.63) is 59.7 Å². The van der Waals surface area contributed by atoms with Crippen LogP contribution in [0.1, 0.15) is 36.3 Å². The van der Waals surface area contributed by atoms with Crippen LogP contribution in [0.2, 0.25) is 0 Å². The fourth-order valence-electron chi connectivity index (χ4n) is 4.33. The lowest BCUT2D eigenvalue weighted by Gasteiger charge is -2.20. The Morgan fingerprint density at radius 3 is 2.29 bits per heavy atom. The van der Waals surface area contributed by atoms with Crippen molar-refractivity contribution in [2.45, 2.75) is 30.8 Å². The molecule has 2 N–H and O–H groups in total. The number of alkyl halides is 1. The summed E-state index contributed by atoms with van der Waals surface area (Å²) in [7, 11) is 0. The third-order valence-electron chi connectivity index (χ3n) is 5.80. The largest absolute Gasteiger partial charge is 0.481 e. The smallest absolute Gasteiger partial charge is 0.407 e. The normalized spacial score (nSPS) is 23.1. The monoisotopic (exact) mass is 383 g/mol. The number of nitrogens with one attached hydrogen (secondary N) is 1. The van der Waals surface area contributed by atoms with E-state index in [1.807, 2.05) is 36.4 Å². The maximum atomic E-state index is 14.7. The molecule has 28 heavy (non-hydrogen) atoms. The number of carboxylic acids is 1. The summed E-state index contributed by atoms with van der Waals surface area (Å²) < 4.78 is 20.1. The van der Waals surface area contributed by atoms with Gasteiger partial charge in [0.15, 0.2) is 0 Å². The van der Waals surface area contributed by atoms with Gasteiger partial charge in [-0.3, -0.25) is 4.79 Å². The van der Waals surface area contributed by atoms with Crippen molar-refractivity contribution < 1.29 is 23.8 Å². The van der Waals surface area contributed by atoms with E-state index in [0.29, 0.717) is 0 Å². The third kappa shape index (κ3) is 3.46. The highest BCUT2D eigenvalue weighted by atomic mass is 19.1. The average Bonchev–Trinajstić information content (AvgIpc) is 3.24. The Morgan fingerprint density at radius 2 is 1.71 bits per heavy atom. The summed E-state index contributed by atoms with van der Waals surface area (Å²) in [6.45, 7) is -0.0651. The van der Waals surface area contributed by atoms with Gasteiger partial charge in [-0.15, -0.1) is 0 Å². The first-order valence-electron chi connectivity index (χ1n) is 9.47. The summed E-state index contributed by atoms with van der Waals surface area (Å²) in [6, 6.07) is 16.1. The van der Waals surface area contributed by atoms with Gasteiger partial charge in [-0.05, 0) is 41.5 Å². The number of benzene rings is 2. The van der Waals surface area contributed by atoms with E-state index < -0.39 is 23.6 Å². The standard InChI is InChI=1S/C22H22FNO4/c23-22(10-9-14(11-22)20(25)26)13-24-21(27)28-12-19-17-7-3-1-5-15(17)16-6-2-4-8-18(16)19/h1-8,14,19H,9-13H2,(H,24,27)(H,25,26)/t14-,22-/m1/s1. The molecule has 2 aromatic rings. The minimum Gasteiger partial charge on any atom is -0.481 e. The van der Waals surface area contributed by atoms with Crippen LogP contribution < -0.4 is 5.32 Å². The molecule has 0 heterocycles. The van der Waals surface area contributed by atoms with Gasteiger partial charge in [-0.2, -0.15) is 0 Å². The molecule has 0 unspecified atom stereocenters. The van der Waals surface area contributed by atoms with E-state index in [0.717, 1.165) is 22.3 Å². The maximum Gasteiger partial charge on any atom is 0.407 e. The fraction of sp³-hybridized carbons (Fsp3) is 0.364. The summed E-state index contributed by atoms with van der Waals surface area (Å²) in [5, 5.41) is 11.5. The van der Waals surface area contributed by atoms with Crippen LogP contribution in [0.5, 0.6) is 0 Å². The molecule has 1 saturated carbocycles. The molecule has 0 spiro atoms. The molecule has 2 aliphatic carbocycles.